The van der Waals surface area contributed by atoms with E-state index >= 15 is 0 Å². The molecule has 2 N–H and O–H groups in total. The minimum atomic E-state index is -0.165. The van der Waals surface area contributed by atoms with Gasteiger partial charge in [0.15, 0.2) is 0 Å². The molecule has 1 aliphatic rings. The van der Waals surface area contributed by atoms with Gasteiger partial charge in [-0.15, -0.1) is 0 Å². The molecule has 2 atom stereocenters. The summed E-state index contributed by atoms with van der Waals surface area (Å²) in [5.41, 5.74) is 0.710. The molecule has 1 fully saturated rings. The maximum absolute atomic E-state index is 13.8. The van der Waals surface area contributed by atoms with Gasteiger partial charge in [0.25, 0.3) is 0 Å². The number of benzene rings is 1. The molecule has 5 heteroatoms. The summed E-state index contributed by atoms with van der Waals surface area (Å²) in [6.45, 7) is 3.17. The summed E-state index contributed by atoms with van der Waals surface area (Å²) in [5, 5.41) is 12.3. The SMILES string of the molecule is CNC(CCN1CCOC(CO)C1)c1ccccc1F. The lowest BCUT2D eigenvalue weighted by Crippen LogP contribution is -2.44. The molecule has 0 amide bonds. The molecule has 112 valence electrons. The van der Waals surface area contributed by atoms with E-state index in [9.17, 15) is 4.39 Å². The van der Waals surface area contributed by atoms with Crippen molar-refractivity contribution < 1.29 is 14.2 Å². The summed E-state index contributed by atoms with van der Waals surface area (Å²) < 4.78 is 19.2. The van der Waals surface area contributed by atoms with Crippen LogP contribution < -0.4 is 5.32 Å². The quantitative estimate of drug-likeness (QED) is 0.822. The molecule has 0 radical (unpaired) electrons. The standard InChI is InChI=1S/C15H23FN2O2/c1-17-15(13-4-2-3-5-14(13)16)6-7-18-8-9-20-12(10-18)11-19/h2-5,12,15,17,19H,6-11H2,1H3. The van der Waals surface area contributed by atoms with Crippen LogP contribution in [0.3, 0.4) is 0 Å². The number of ether oxygens (including phenoxy) is 1. The number of aliphatic hydroxyl groups is 1. The van der Waals surface area contributed by atoms with Gasteiger partial charge in [-0.05, 0) is 19.5 Å². The first-order chi connectivity index (χ1) is 9.74. The first-order valence-corrected chi connectivity index (χ1v) is 7.11. The third kappa shape index (κ3) is 3.99. The highest BCUT2D eigenvalue weighted by Gasteiger charge is 2.21. The van der Waals surface area contributed by atoms with Crippen LogP contribution in [-0.2, 0) is 4.74 Å². The van der Waals surface area contributed by atoms with Crippen molar-refractivity contribution in [2.45, 2.75) is 18.6 Å². The van der Waals surface area contributed by atoms with E-state index < -0.39 is 0 Å². The van der Waals surface area contributed by atoms with Crippen molar-refractivity contribution in [1.29, 1.82) is 0 Å². The van der Waals surface area contributed by atoms with Gasteiger partial charge in [-0.2, -0.15) is 0 Å². The van der Waals surface area contributed by atoms with Gasteiger partial charge in [0, 0.05) is 31.2 Å². The minimum Gasteiger partial charge on any atom is -0.394 e. The summed E-state index contributed by atoms with van der Waals surface area (Å²) in [6, 6.07) is 6.90. The average Bonchev–Trinajstić information content (AvgIpc) is 2.49. The highest BCUT2D eigenvalue weighted by molar-refractivity contribution is 5.21. The molecule has 2 rings (SSSR count). The van der Waals surface area contributed by atoms with Gasteiger partial charge in [-0.3, -0.25) is 4.90 Å². The second-order valence-electron chi connectivity index (χ2n) is 5.13. The lowest BCUT2D eigenvalue weighted by Gasteiger charge is -2.33. The van der Waals surface area contributed by atoms with Crippen LogP contribution in [-0.4, -0.2) is 56.0 Å². The molecule has 2 unspecified atom stereocenters. The van der Waals surface area contributed by atoms with Crippen LogP contribution in [0.25, 0.3) is 0 Å². The smallest absolute Gasteiger partial charge is 0.127 e. The normalized spacial score (nSPS) is 21.9. The fourth-order valence-electron chi connectivity index (χ4n) is 2.62. The van der Waals surface area contributed by atoms with Crippen LogP contribution in [0.5, 0.6) is 0 Å². The molecule has 0 bridgehead atoms. The minimum absolute atomic E-state index is 0.00613. The van der Waals surface area contributed by atoms with Crippen LogP contribution in [0.1, 0.15) is 18.0 Å². The number of hydrogen-bond donors (Lipinski definition) is 2. The fraction of sp³-hybridized carbons (Fsp3) is 0.600. The molecule has 0 saturated carbocycles. The van der Waals surface area contributed by atoms with Gasteiger partial charge in [0.1, 0.15) is 5.82 Å². The van der Waals surface area contributed by atoms with Gasteiger partial charge < -0.3 is 15.2 Å². The van der Waals surface area contributed by atoms with Crippen molar-refractivity contribution in [3.8, 4) is 0 Å². The fourth-order valence-corrected chi connectivity index (χ4v) is 2.62. The Labute approximate surface area is 119 Å². The van der Waals surface area contributed by atoms with E-state index in [0.29, 0.717) is 12.2 Å². The van der Waals surface area contributed by atoms with Crippen LogP contribution in [0.15, 0.2) is 24.3 Å². The van der Waals surface area contributed by atoms with Gasteiger partial charge >= 0.3 is 0 Å². The molecule has 1 heterocycles. The Kier molecular flexibility index (Phi) is 5.91. The molecule has 0 spiro atoms. The number of nitrogens with one attached hydrogen (secondary N) is 1. The maximum atomic E-state index is 13.8. The predicted octanol–water partition coefficient (Wildman–Crippen LogP) is 1.17. The van der Waals surface area contributed by atoms with E-state index in [4.69, 9.17) is 9.84 Å². The molecule has 4 nitrogen and oxygen atoms in total. The highest BCUT2D eigenvalue weighted by atomic mass is 19.1. The van der Waals surface area contributed by atoms with Crippen molar-refractivity contribution in [3.63, 3.8) is 0 Å². The van der Waals surface area contributed by atoms with Gasteiger partial charge in [-0.25, -0.2) is 4.39 Å². The molecule has 1 aliphatic heterocycles. The number of aliphatic hydroxyl groups excluding tert-OH is 1. The molecule has 1 aromatic rings. The van der Waals surface area contributed by atoms with Crippen LogP contribution in [0.4, 0.5) is 4.39 Å². The zero-order valence-electron chi connectivity index (χ0n) is 11.9. The Hall–Kier alpha value is -1.01. The first-order valence-electron chi connectivity index (χ1n) is 7.11. The van der Waals surface area contributed by atoms with Crippen LogP contribution in [0.2, 0.25) is 0 Å². The third-order valence-electron chi connectivity index (χ3n) is 3.79. The van der Waals surface area contributed by atoms with E-state index in [-0.39, 0.29) is 24.6 Å². The summed E-state index contributed by atoms with van der Waals surface area (Å²) in [6.07, 6.45) is 0.737. The number of hydrogen-bond acceptors (Lipinski definition) is 4. The van der Waals surface area contributed by atoms with Crippen molar-refractivity contribution in [1.82, 2.24) is 10.2 Å². The highest BCUT2D eigenvalue weighted by Crippen LogP contribution is 2.20. The van der Waals surface area contributed by atoms with Crippen molar-refractivity contribution in [3.05, 3.63) is 35.6 Å². The summed E-state index contributed by atoms with van der Waals surface area (Å²) in [4.78, 5) is 2.26. The monoisotopic (exact) mass is 282 g/mol. The molecule has 1 aromatic carbocycles. The summed E-state index contributed by atoms with van der Waals surface area (Å²) in [5.74, 6) is -0.165. The predicted molar refractivity (Wildman–Crippen MR) is 76.1 cm³/mol. The second kappa shape index (κ2) is 7.69. The van der Waals surface area contributed by atoms with E-state index in [2.05, 4.69) is 10.2 Å². The van der Waals surface area contributed by atoms with Crippen LogP contribution >= 0.6 is 0 Å². The summed E-state index contributed by atoms with van der Waals surface area (Å²) in [7, 11) is 1.85. The largest absolute Gasteiger partial charge is 0.394 e. The lowest BCUT2D eigenvalue weighted by atomic mass is 10.0. The first kappa shape index (κ1) is 15.4. The second-order valence-corrected chi connectivity index (χ2v) is 5.13. The maximum Gasteiger partial charge on any atom is 0.127 e. The van der Waals surface area contributed by atoms with Gasteiger partial charge in [-0.1, -0.05) is 18.2 Å². The van der Waals surface area contributed by atoms with Crippen molar-refractivity contribution >= 4 is 0 Å². The Morgan fingerprint density at radius 2 is 2.30 bits per heavy atom. The average molecular weight is 282 g/mol. The van der Waals surface area contributed by atoms with Gasteiger partial charge in [0.2, 0.25) is 0 Å². The molecule has 0 aliphatic carbocycles. The van der Waals surface area contributed by atoms with E-state index in [0.717, 1.165) is 26.1 Å². The Morgan fingerprint density at radius 1 is 1.50 bits per heavy atom. The molecular formula is C15H23FN2O2. The van der Waals surface area contributed by atoms with Crippen molar-refractivity contribution in [2.24, 2.45) is 0 Å². The Morgan fingerprint density at radius 3 is 3.00 bits per heavy atom. The number of rotatable bonds is 6. The Bertz CT molecular complexity index is 417. The molecule has 20 heavy (non-hydrogen) atoms. The molecular weight excluding hydrogens is 259 g/mol. The topological polar surface area (TPSA) is 44.7 Å². The summed E-state index contributed by atoms with van der Waals surface area (Å²) >= 11 is 0. The number of nitrogens with zero attached hydrogens (tertiary/aromatic N) is 1. The van der Waals surface area contributed by atoms with E-state index in [1.807, 2.05) is 19.2 Å². The molecule has 1 saturated heterocycles. The van der Waals surface area contributed by atoms with E-state index in [1.54, 1.807) is 6.07 Å². The van der Waals surface area contributed by atoms with E-state index in [1.165, 1.54) is 6.07 Å². The number of halogens is 1. The lowest BCUT2D eigenvalue weighted by molar-refractivity contribution is -0.0533. The van der Waals surface area contributed by atoms with Crippen LogP contribution in [0, 0.1) is 5.82 Å². The zero-order valence-corrected chi connectivity index (χ0v) is 11.9. The molecule has 0 aromatic heterocycles. The number of morpholine rings is 1. The zero-order chi connectivity index (χ0) is 14.4. The third-order valence-corrected chi connectivity index (χ3v) is 3.79. The van der Waals surface area contributed by atoms with Gasteiger partial charge in [0.05, 0.1) is 19.3 Å². The van der Waals surface area contributed by atoms with Crippen molar-refractivity contribution in [2.75, 3.05) is 39.9 Å². The Balaban J connectivity index is 1.89.